The van der Waals surface area contributed by atoms with Crippen molar-refractivity contribution in [3.05, 3.63) is 89.0 Å². The third-order valence-electron chi connectivity index (χ3n) is 3.74. The van der Waals surface area contributed by atoms with Gasteiger partial charge in [0.25, 0.3) is 0 Å². The van der Waals surface area contributed by atoms with Gasteiger partial charge in [-0.3, -0.25) is 0 Å². The van der Waals surface area contributed by atoms with Gasteiger partial charge in [0.15, 0.2) is 0 Å². The van der Waals surface area contributed by atoms with Crippen LogP contribution in [0.3, 0.4) is 0 Å². The highest BCUT2D eigenvalue weighted by Gasteiger charge is 2.08. The minimum absolute atomic E-state index is 0.941. The molecular formula is C20H22. The van der Waals surface area contributed by atoms with Crippen LogP contribution in [0.2, 0.25) is 0 Å². The number of hydrogen-bond acceptors (Lipinski definition) is 0. The van der Waals surface area contributed by atoms with Gasteiger partial charge in [-0.2, -0.15) is 0 Å². The summed E-state index contributed by atoms with van der Waals surface area (Å²) in [5, 5.41) is 0. The summed E-state index contributed by atoms with van der Waals surface area (Å²) in [6, 6.07) is 19.1. The quantitative estimate of drug-likeness (QED) is 0.630. The number of rotatable bonds is 4. The first-order valence-corrected chi connectivity index (χ1v) is 7.05. The van der Waals surface area contributed by atoms with Crippen LogP contribution in [0.1, 0.15) is 30.5 Å². The summed E-state index contributed by atoms with van der Waals surface area (Å²) in [6.45, 7) is 10.6. The molecule has 2 aromatic carbocycles. The van der Waals surface area contributed by atoms with Crippen molar-refractivity contribution in [1.82, 2.24) is 0 Å². The van der Waals surface area contributed by atoms with Crippen molar-refractivity contribution >= 4 is 5.57 Å². The molecule has 0 saturated heterocycles. The maximum Gasteiger partial charge on any atom is -0.00205 e. The first kappa shape index (κ1) is 14.3. The predicted octanol–water partition coefficient (Wildman–Crippen LogP) is 5.59. The van der Waals surface area contributed by atoms with Crippen LogP contribution in [0.25, 0.3) is 5.57 Å². The van der Waals surface area contributed by atoms with Gasteiger partial charge in [-0.25, -0.2) is 0 Å². The van der Waals surface area contributed by atoms with E-state index in [1.54, 1.807) is 0 Å². The van der Waals surface area contributed by atoms with E-state index in [1.165, 1.54) is 27.8 Å². The van der Waals surface area contributed by atoms with E-state index in [-0.39, 0.29) is 0 Å². The van der Waals surface area contributed by atoms with Crippen LogP contribution in [0.15, 0.2) is 72.3 Å². The van der Waals surface area contributed by atoms with E-state index in [2.05, 4.69) is 81.9 Å². The molecule has 0 amide bonds. The predicted molar refractivity (Wildman–Crippen MR) is 88.7 cm³/mol. The molecule has 2 rings (SSSR count). The van der Waals surface area contributed by atoms with Crippen molar-refractivity contribution in [3.63, 3.8) is 0 Å². The van der Waals surface area contributed by atoms with E-state index >= 15 is 0 Å². The second kappa shape index (κ2) is 6.38. The Hall–Kier alpha value is -2.08. The lowest BCUT2D eigenvalue weighted by Crippen LogP contribution is -1.97. The minimum Gasteiger partial charge on any atom is -0.0958 e. The molecule has 0 N–H and O–H groups in total. The Morgan fingerprint density at radius 1 is 0.900 bits per heavy atom. The third-order valence-corrected chi connectivity index (χ3v) is 3.74. The molecule has 0 spiro atoms. The SMILES string of the molecule is C=C(C)/C(Cc1ccccc1)=C(/C)c1ccccc1C. The summed E-state index contributed by atoms with van der Waals surface area (Å²) >= 11 is 0. The van der Waals surface area contributed by atoms with Crippen LogP contribution in [0.4, 0.5) is 0 Å². The van der Waals surface area contributed by atoms with Crippen molar-refractivity contribution in [1.29, 1.82) is 0 Å². The number of allylic oxidation sites excluding steroid dienone is 3. The van der Waals surface area contributed by atoms with E-state index in [9.17, 15) is 0 Å². The molecule has 0 aliphatic rings. The van der Waals surface area contributed by atoms with Crippen molar-refractivity contribution in [2.75, 3.05) is 0 Å². The molecule has 0 fully saturated rings. The van der Waals surface area contributed by atoms with Crippen LogP contribution in [0.5, 0.6) is 0 Å². The van der Waals surface area contributed by atoms with E-state index in [4.69, 9.17) is 0 Å². The normalized spacial score (nSPS) is 11.9. The van der Waals surface area contributed by atoms with Crippen LogP contribution in [0, 0.1) is 6.92 Å². The van der Waals surface area contributed by atoms with E-state index < -0.39 is 0 Å². The number of hydrogen-bond donors (Lipinski definition) is 0. The maximum absolute atomic E-state index is 4.17. The number of benzene rings is 2. The Balaban J connectivity index is 2.44. The highest BCUT2D eigenvalue weighted by atomic mass is 14.1. The fraction of sp³-hybridized carbons (Fsp3) is 0.200. The van der Waals surface area contributed by atoms with Crippen molar-refractivity contribution in [2.24, 2.45) is 0 Å². The molecule has 0 nitrogen and oxygen atoms in total. The van der Waals surface area contributed by atoms with Gasteiger partial charge in [-0.1, -0.05) is 66.7 Å². The molecule has 0 heterocycles. The van der Waals surface area contributed by atoms with Gasteiger partial charge in [0.1, 0.15) is 0 Å². The minimum atomic E-state index is 0.941. The van der Waals surface area contributed by atoms with Gasteiger partial charge >= 0.3 is 0 Å². The van der Waals surface area contributed by atoms with Gasteiger partial charge in [-0.15, -0.1) is 0 Å². The summed E-state index contributed by atoms with van der Waals surface area (Å²) in [4.78, 5) is 0. The average molecular weight is 262 g/mol. The third kappa shape index (κ3) is 3.27. The summed E-state index contributed by atoms with van der Waals surface area (Å²) < 4.78 is 0. The molecule has 0 aliphatic carbocycles. The first-order valence-electron chi connectivity index (χ1n) is 7.05. The molecule has 0 aromatic heterocycles. The molecule has 0 bridgehead atoms. The summed E-state index contributed by atoms with van der Waals surface area (Å²) in [6.07, 6.45) is 0.941. The Morgan fingerprint density at radius 3 is 2.10 bits per heavy atom. The van der Waals surface area contributed by atoms with Gasteiger partial charge in [0, 0.05) is 0 Å². The first-order chi connectivity index (χ1) is 9.59. The van der Waals surface area contributed by atoms with Gasteiger partial charge in [0.05, 0.1) is 0 Å². The molecule has 0 radical (unpaired) electrons. The van der Waals surface area contributed by atoms with Gasteiger partial charge < -0.3 is 0 Å². The molecule has 0 unspecified atom stereocenters. The molecule has 2 aromatic rings. The molecule has 102 valence electrons. The Bertz CT molecular complexity index is 630. The van der Waals surface area contributed by atoms with Crippen LogP contribution < -0.4 is 0 Å². The van der Waals surface area contributed by atoms with Crippen molar-refractivity contribution < 1.29 is 0 Å². The largest absolute Gasteiger partial charge is 0.0958 e. The highest BCUT2D eigenvalue weighted by molar-refractivity contribution is 5.73. The maximum atomic E-state index is 4.17. The summed E-state index contributed by atoms with van der Waals surface area (Å²) in [5.41, 5.74) is 7.79. The summed E-state index contributed by atoms with van der Waals surface area (Å²) in [5.74, 6) is 0. The lowest BCUT2D eigenvalue weighted by Gasteiger charge is -2.15. The fourth-order valence-corrected chi connectivity index (χ4v) is 2.56. The Kier molecular flexibility index (Phi) is 4.57. The zero-order chi connectivity index (χ0) is 14.5. The molecular weight excluding hydrogens is 240 g/mol. The topological polar surface area (TPSA) is 0 Å². The standard InChI is InChI=1S/C20H22/c1-15(2)20(14-18-11-6-5-7-12-18)17(4)19-13-9-8-10-16(19)3/h5-13H,1,14H2,2-4H3/b20-17-. The molecule has 20 heavy (non-hydrogen) atoms. The molecule has 0 saturated carbocycles. The lowest BCUT2D eigenvalue weighted by atomic mass is 9.90. The molecule has 0 atom stereocenters. The second-order valence-electron chi connectivity index (χ2n) is 5.36. The fourth-order valence-electron chi connectivity index (χ4n) is 2.56. The molecule has 0 aliphatic heterocycles. The van der Waals surface area contributed by atoms with Crippen LogP contribution >= 0.6 is 0 Å². The Labute approximate surface area is 122 Å². The van der Waals surface area contributed by atoms with Crippen molar-refractivity contribution in [2.45, 2.75) is 27.2 Å². The smallest absolute Gasteiger partial charge is 0.00205 e. The van der Waals surface area contributed by atoms with E-state index in [0.29, 0.717) is 0 Å². The van der Waals surface area contributed by atoms with E-state index in [0.717, 1.165) is 12.0 Å². The number of aryl methyl sites for hydroxylation is 1. The van der Waals surface area contributed by atoms with Crippen LogP contribution in [-0.4, -0.2) is 0 Å². The van der Waals surface area contributed by atoms with Crippen LogP contribution in [-0.2, 0) is 6.42 Å². The summed E-state index contributed by atoms with van der Waals surface area (Å²) in [7, 11) is 0. The molecule has 0 heteroatoms. The monoisotopic (exact) mass is 262 g/mol. The Morgan fingerprint density at radius 2 is 1.50 bits per heavy atom. The zero-order valence-electron chi connectivity index (χ0n) is 12.6. The average Bonchev–Trinajstić information content (AvgIpc) is 2.45. The van der Waals surface area contributed by atoms with Crippen molar-refractivity contribution in [3.8, 4) is 0 Å². The lowest BCUT2D eigenvalue weighted by molar-refractivity contribution is 1.15. The van der Waals surface area contributed by atoms with Gasteiger partial charge in [0.2, 0.25) is 0 Å². The van der Waals surface area contributed by atoms with Gasteiger partial charge in [-0.05, 0) is 55.0 Å². The van der Waals surface area contributed by atoms with E-state index in [1.807, 2.05) is 0 Å². The highest BCUT2D eigenvalue weighted by Crippen LogP contribution is 2.27. The second-order valence-corrected chi connectivity index (χ2v) is 5.36. The zero-order valence-corrected chi connectivity index (χ0v) is 12.6.